The molecule has 1 aromatic rings. The minimum absolute atomic E-state index is 0.00956. The van der Waals surface area contributed by atoms with Crippen molar-refractivity contribution in [2.45, 2.75) is 18.9 Å². The number of carboxylic acid groups (broad SMARTS) is 1. The lowest BCUT2D eigenvalue weighted by Crippen LogP contribution is -2.41. The highest BCUT2D eigenvalue weighted by molar-refractivity contribution is 5.94. The Hall–Kier alpha value is -2.31. The van der Waals surface area contributed by atoms with Gasteiger partial charge in [-0.1, -0.05) is 0 Å². The number of amides is 2. The van der Waals surface area contributed by atoms with E-state index in [0.29, 0.717) is 0 Å². The van der Waals surface area contributed by atoms with E-state index >= 15 is 0 Å². The van der Waals surface area contributed by atoms with Crippen LogP contribution in [0.25, 0.3) is 0 Å². The molecule has 0 aliphatic rings. The number of hydrogen-bond acceptors (Lipinski definition) is 4. The maximum atomic E-state index is 11.5. The van der Waals surface area contributed by atoms with Gasteiger partial charge >= 0.3 is 5.97 Å². The van der Waals surface area contributed by atoms with Crippen LogP contribution in [0, 0.1) is 0 Å². The second-order valence-corrected chi connectivity index (χ2v) is 3.35. The monoisotopic (exact) mass is 240 g/mol. The molecule has 7 heteroatoms. The van der Waals surface area contributed by atoms with Gasteiger partial charge in [0.15, 0.2) is 5.76 Å². The van der Waals surface area contributed by atoms with Crippen LogP contribution in [0.4, 0.5) is 0 Å². The predicted molar refractivity (Wildman–Crippen MR) is 56.0 cm³/mol. The maximum absolute atomic E-state index is 11.5. The molecule has 0 radical (unpaired) electrons. The van der Waals surface area contributed by atoms with Crippen LogP contribution in [0.1, 0.15) is 23.4 Å². The summed E-state index contributed by atoms with van der Waals surface area (Å²) in [5.41, 5.74) is 4.90. The lowest BCUT2D eigenvalue weighted by atomic mass is 10.1. The Balaban J connectivity index is 2.58. The highest BCUT2D eigenvalue weighted by Crippen LogP contribution is 2.03. The largest absolute Gasteiger partial charge is 0.480 e. The molecule has 7 nitrogen and oxygen atoms in total. The van der Waals surface area contributed by atoms with Gasteiger partial charge in [-0.3, -0.25) is 9.59 Å². The Morgan fingerprint density at radius 1 is 1.47 bits per heavy atom. The Bertz CT molecular complexity index is 412. The van der Waals surface area contributed by atoms with E-state index in [4.69, 9.17) is 15.3 Å². The highest BCUT2D eigenvalue weighted by Gasteiger charge is 2.22. The zero-order valence-corrected chi connectivity index (χ0v) is 8.88. The fraction of sp³-hybridized carbons (Fsp3) is 0.300. The quantitative estimate of drug-likeness (QED) is 0.631. The highest BCUT2D eigenvalue weighted by atomic mass is 16.4. The van der Waals surface area contributed by atoms with Crippen molar-refractivity contribution in [3.63, 3.8) is 0 Å². The van der Waals surface area contributed by atoms with Gasteiger partial charge in [-0.2, -0.15) is 0 Å². The summed E-state index contributed by atoms with van der Waals surface area (Å²) in [6.07, 6.45) is 1.13. The van der Waals surface area contributed by atoms with Gasteiger partial charge in [0.25, 0.3) is 5.91 Å². The third kappa shape index (κ3) is 3.98. The molecular weight excluding hydrogens is 228 g/mol. The first-order valence-corrected chi connectivity index (χ1v) is 4.86. The molecular formula is C10H12N2O5. The molecule has 0 spiro atoms. The third-order valence-electron chi connectivity index (χ3n) is 2.03. The van der Waals surface area contributed by atoms with E-state index in [1.807, 2.05) is 0 Å². The van der Waals surface area contributed by atoms with Gasteiger partial charge in [-0.05, 0) is 18.6 Å². The zero-order chi connectivity index (χ0) is 12.8. The van der Waals surface area contributed by atoms with Crippen LogP contribution >= 0.6 is 0 Å². The van der Waals surface area contributed by atoms with Gasteiger partial charge in [-0.25, -0.2) is 4.79 Å². The molecule has 0 aliphatic heterocycles. The summed E-state index contributed by atoms with van der Waals surface area (Å²) in [5, 5.41) is 11.1. The van der Waals surface area contributed by atoms with E-state index in [1.54, 1.807) is 0 Å². The van der Waals surface area contributed by atoms with E-state index in [2.05, 4.69) is 5.32 Å². The van der Waals surface area contributed by atoms with Crippen molar-refractivity contribution < 1.29 is 23.9 Å². The van der Waals surface area contributed by atoms with Crippen LogP contribution in [0.5, 0.6) is 0 Å². The Kier molecular flexibility index (Phi) is 4.27. The fourth-order valence-corrected chi connectivity index (χ4v) is 1.18. The van der Waals surface area contributed by atoms with Crippen molar-refractivity contribution in [2.24, 2.45) is 5.73 Å². The number of nitrogens with two attached hydrogens (primary N) is 1. The van der Waals surface area contributed by atoms with E-state index in [0.717, 1.165) is 0 Å². The predicted octanol–water partition coefficient (Wildman–Crippen LogP) is -0.272. The van der Waals surface area contributed by atoms with Crippen LogP contribution in [-0.2, 0) is 9.59 Å². The van der Waals surface area contributed by atoms with Crippen molar-refractivity contribution in [1.82, 2.24) is 5.32 Å². The summed E-state index contributed by atoms with van der Waals surface area (Å²) in [7, 11) is 0. The number of carbonyl (C=O) groups excluding carboxylic acids is 2. The van der Waals surface area contributed by atoms with E-state index in [-0.39, 0.29) is 18.6 Å². The molecule has 0 bridgehead atoms. The lowest BCUT2D eigenvalue weighted by Gasteiger charge is -2.12. The van der Waals surface area contributed by atoms with Crippen molar-refractivity contribution in [3.05, 3.63) is 24.2 Å². The van der Waals surface area contributed by atoms with Crippen LogP contribution in [0.2, 0.25) is 0 Å². The minimum atomic E-state index is -1.23. The molecule has 0 aliphatic carbocycles. The van der Waals surface area contributed by atoms with Gasteiger partial charge in [0, 0.05) is 6.42 Å². The lowest BCUT2D eigenvalue weighted by molar-refractivity contribution is -0.139. The summed E-state index contributed by atoms with van der Waals surface area (Å²) in [6, 6.07) is 1.75. The zero-order valence-electron chi connectivity index (χ0n) is 8.88. The molecule has 1 atom stereocenters. The molecule has 0 saturated heterocycles. The number of aliphatic carboxylic acids is 1. The summed E-state index contributed by atoms with van der Waals surface area (Å²) in [4.78, 5) is 32.8. The molecule has 0 unspecified atom stereocenters. The maximum Gasteiger partial charge on any atom is 0.326 e. The molecule has 0 fully saturated rings. The molecule has 0 saturated carbocycles. The fourth-order valence-electron chi connectivity index (χ4n) is 1.18. The van der Waals surface area contributed by atoms with Crippen LogP contribution in [0.3, 0.4) is 0 Å². The number of nitrogens with one attached hydrogen (secondary N) is 1. The normalized spacial score (nSPS) is 11.8. The summed E-state index contributed by atoms with van der Waals surface area (Å²) in [5.74, 6) is -2.49. The average molecular weight is 240 g/mol. The molecule has 17 heavy (non-hydrogen) atoms. The molecule has 0 aromatic carbocycles. The summed E-state index contributed by atoms with van der Waals surface area (Å²) in [6.45, 7) is 0. The molecule has 1 aromatic heterocycles. The van der Waals surface area contributed by atoms with Crippen LogP contribution in [-0.4, -0.2) is 28.9 Å². The number of hydrogen-bond donors (Lipinski definition) is 3. The Morgan fingerprint density at radius 2 is 2.18 bits per heavy atom. The van der Waals surface area contributed by atoms with Crippen molar-refractivity contribution >= 4 is 17.8 Å². The Labute approximate surface area is 96.6 Å². The van der Waals surface area contributed by atoms with E-state index < -0.39 is 23.8 Å². The SMILES string of the molecule is NC(=O)CC[C@@H](NC(=O)c1ccco1)C(=O)O. The molecule has 1 rings (SSSR count). The van der Waals surface area contributed by atoms with E-state index in [9.17, 15) is 14.4 Å². The van der Waals surface area contributed by atoms with Crippen molar-refractivity contribution in [2.75, 3.05) is 0 Å². The minimum Gasteiger partial charge on any atom is -0.480 e. The first-order valence-electron chi connectivity index (χ1n) is 4.86. The summed E-state index contributed by atoms with van der Waals surface area (Å²) < 4.78 is 4.80. The number of carboxylic acids is 1. The second-order valence-electron chi connectivity index (χ2n) is 3.35. The van der Waals surface area contributed by atoms with Gasteiger partial charge in [0.1, 0.15) is 6.04 Å². The number of rotatable bonds is 6. The average Bonchev–Trinajstić information content (AvgIpc) is 2.76. The van der Waals surface area contributed by atoms with Gasteiger partial charge in [0.05, 0.1) is 6.26 Å². The smallest absolute Gasteiger partial charge is 0.326 e. The second kappa shape index (κ2) is 5.69. The van der Waals surface area contributed by atoms with Gasteiger partial charge in [-0.15, -0.1) is 0 Å². The molecule has 2 amide bonds. The van der Waals surface area contributed by atoms with Gasteiger partial charge in [0.2, 0.25) is 5.91 Å². The van der Waals surface area contributed by atoms with Gasteiger partial charge < -0.3 is 20.6 Å². The number of primary amides is 1. The van der Waals surface area contributed by atoms with Crippen LogP contribution in [0.15, 0.2) is 22.8 Å². The van der Waals surface area contributed by atoms with Crippen LogP contribution < -0.4 is 11.1 Å². The molecule has 92 valence electrons. The number of furan rings is 1. The molecule has 4 N–H and O–H groups in total. The first-order chi connectivity index (χ1) is 8.00. The van der Waals surface area contributed by atoms with Crippen molar-refractivity contribution in [3.8, 4) is 0 Å². The third-order valence-corrected chi connectivity index (χ3v) is 2.03. The summed E-state index contributed by atoms with van der Waals surface area (Å²) >= 11 is 0. The molecule has 1 heterocycles. The number of carbonyl (C=O) groups is 3. The Morgan fingerprint density at radius 3 is 2.65 bits per heavy atom. The first kappa shape index (κ1) is 12.8. The topological polar surface area (TPSA) is 123 Å². The van der Waals surface area contributed by atoms with E-state index in [1.165, 1.54) is 18.4 Å². The van der Waals surface area contributed by atoms with Crippen molar-refractivity contribution in [1.29, 1.82) is 0 Å². The standard InChI is InChI=1S/C10H12N2O5/c11-8(13)4-3-6(10(15)16)12-9(14)7-2-1-5-17-7/h1-2,5-6H,3-4H2,(H2,11,13)(H,12,14)(H,15,16)/t6-/m1/s1.